The lowest BCUT2D eigenvalue weighted by Gasteiger charge is -2.31. The molecule has 1 saturated heterocycles. The van der Waals surface area contributed by atoms with E-state index in [1.165, 1.54) is 4.31 Å². The van der Waals surface area contributed by atoms with Gasteiger partial charge in [0.2, 0.25) is 15.9 Å². The molecule has 1 fully saturated rings. The van der Waals surface area contributed by atoms with Crippen LogP contribution in [0.15, 0.2) is 54.6 Å². The number of sulfonamides is 1. The van der Waals surface area contributed by atoms with E-state index in [0.29, 0.717) is 36.5 Å². The van der Waals surface area contributed by atoms with E-state index in [-0.39, 0.29) is 23.6 Å². The Morgan fingerprint density at radius 2 is 1.83 bits per heavy atom. The standard InChI is InChI=1S/C22H27ClN2O3S/c1-2-21(18-8-4-3-5-9-18)24-22(26)19-11-13-25(14-12-19)29(27,28)16-17-7-6-10-20(23)15-17/h3-10,15,19,21H,2,11-14,16H2,1H3,(H,24,26)/t21-/m1/s1. The summed E-state index contributed by atoms with van der Waals surface area (Å²) < 4.78 is 27.0. The van der Waals surface area contributed by atoms with Crippen LogP contribution in [0.2, 0.25) is 5.02 Å². The smallest absolute Gasteiger partial charge is 0.223 e. The summed E-state index contributed by atoms with van der Waals surface area (Å²) in [6.45, 7) is 2.77. The molecule has 1 atom stereocenters. The van der Waals surface area contributed by atoms with Crippen molar-refractivity contribution in [2.75, 3.05) is 13.1 Å². The predicted octanol–water partition coefficient (Wildman–Crippen LogP) is 4.15. The summed E-state index contributed by atoms with van der Waals surface area (Å²) in [6, 6.07) is 16.8. The van der Waals surface area contributed by atoms with Crippen molar-refractivity contribution in [2.45, 2.75) is 38.0 Å². The number of rotatable bonds is 7. The lowest BCUT2D eigenvalue weighted by Crippen LogP contribution is -2.44. The molecule has 1 aliphatic heterocycles. The normalized spacial score (nSPS) is 17.0. The Kier molecular flexibility index (Phi) is 7.33. The van der Waals surface area contributed by atoms with Gasteiger partial charge in [-0.1, -0.05) is 61.0 Å². The van der Waals surface area contributed by atoms with Gasteiger partial charge in [0, 0.05) is 24.0 Å². The molecule has 0 aliphatic carbocycles. The van der Waals surface area contributed by atoms with E-state index in [9.17, 15) is 13.2 Å². The molecule has 1 N–H and O–H groups in total. The van der Waals surface area contributed by atoms with Crippen LogP contribution in [0.3, 0.4) is 0 Å². The Labute approximate surface area is 178 Å². The van der Waals surface area contributed by atoms with Gasteiger partial charge in [0.05, 0.1) is 11.8 Å². The molecule has 0 unspecified atom stereocenters. The zero-order valence-electron chi connectivity index (χ0n) is 16.6. The summed E-state index contributed by atoms with van der Waals surface area (Å²) in [6.07, 6.45) is 1.88. The van der Waals surface area contributed by atoms with Crippen LogP contribution < -0.4 is 5.32 Å². The van der Waals surface area contributed by atoms with Crippen molar-refractivity contribution in [3.8, 4) is 0 Å². The summed E-state index contributed by atoms with van der Waals surface area (Å²) in [4.78, 5) is 12.7. The Bertz CT molecular complexity index is 926. The number of hydrogen-bond donors (Lipinski definition) is 1. The lowest BCUT2D eigenvalue weighted by atomic mass is 9.96. The third kappa shape index (κ3) is 5.81. The predicted molar refractivity (Wildman–Crippen MR) is 116 cm³/mol. The maximum absolute atomic E-state index is 12.7. The molecule has 2 aromatic rings. The van der Waals surface area contributed by atoms with Crippen LogP contribution in [0.1, 0.15) is 43.4 Å². The van der Waals surface area contributed by atoms with E-state index in [0.717, 1.165) is 12.0 Å². The van der Waals surface area contributed by atoms with E-state index in [2.05, 4.69) is 5.32 Å². The monoisotopic (exact) mass is 434 g/mol. The van der Waals surface area contributed by atoms with Crippen LogP contribution >= 0.6 is 11.6 Å². The molecule has 1 heterocycles. The van der Waals surface area contributed by atoms with E-state index in [4.69, 9.17) is 11.6 Å². The maximum Gasteiger partial charge on any atom is 0.223 e. The molecule has 7 heteroatoms. The highest BCUT2D eigenvalue weighted by Crippen LogP contribution is 2.24. The quantitative estimate of drug-likeness (QED) is 0.711. The van der Waals surface area contributed by atoms with Gasteiger partial charge >= 0.3 is 0 Å². The first-order valence-electron chi connectivity index (χ1n) is 9.96. The second-order valence-electron chi connectivity index (χ2n) is 7.44. The average Bonchev–Trinajstić information content (AvgIpc) is 2.72. The minimum atomic E-state index is -3.43. The zero-order valence-corrected chi connectivity index (χ0v) is 18.1. The SMILES string of the molecule is CC[C@@H](NC(=O)C1CCN(S(=O)(=O)Cc2cccc(Cl)c2)CC1)c1ccccc1. The van der Waals surface area contributed by atoms with Crippen LogP contribution in [0, 0.1) is 5.92 Å². The summed E-state index contributed by atoms with van der Waals surface area (Å²) in [5.74, 6) is -0.228. The fourth-order valence-corrected chi connectivity index (χ4v) is 5.48. The molecular weight excluding hydrogens is 408 g/mol. The van der Waals surface area contributed by atoms with E-state index >= 15 is 0 Å². The summed E-state index contributed by atoms with van der Waals surface area (Å²) in [7, 11) is -3.43. The first-order valence-corrected chi connectivity index (χ1v) is 12.0. The summed E-state index contributed by atoms with van der Waals surface area (Å²) >= 11 is 5.96. The largest absolute Gasteiger partial charge is 0.349 e. The van der Waals surface area contributed by atoms with Crippen LogP contribution in [0.4, 0.5) is 0 Å². The number of carbonyl (C=O) groups excluding carboxylic acids is 1. The number of carbonyl (C=O) groups is 1. The van der Waals surface area contributed by atoms with E-state index in [1.807, 2.05) is 37.3 Å². The molecule has 0 bridgehead atoms. The molecule has 0 saturated carbocycles. The van der Waals surface area contributed by atoms with Gasteiger partial charge in [-0.05, 0) is 42.5 Å². The van der Waals surface area contributed by atoms with Gasteiger partial charge in [-0.3, -0.25) is 4.79 Å². The van der Waals surface area contributed by atoms with Gasteiger partial charge < -0.3 is 5.32 Å². The van der Waals surface area contributed by atoms with Crippen molar-refractivity contribution in [2.24, 2.45) is 5.92 Å². The van der Waals surface area contributed by atoms with Crippen molar-refractivity contribution in [3.05, 3.63) is 70.7 Å². The third-order valence-corrected chi connectivity index (χ3v) is 7.47. The summed E-state index contributed by atoms with van der Waals surface area (Å²) in [5.41, 5.74) is 1.76. The molecule has 0 aromatic heterocycles. The number of nitrogens with zero attached hydrogens (tertiary/aromatic N) is 1. The van der Waals surface area contributed by atoms with Crippen molar-refractivity contribution in [3.63, 3.8) is 0 Å². The molecule has 29 heavy (non-hydrogen) atoms. The number of amides is 1. The Balaban J connectivity index is 1.56. The fraction of sp³-hybridized carbons (Fsp3) is 0.409. The average molecular weight is 435 g/mol. The van der Waals surface area contributed by atoms with Gasteiger partial charge in [0.25, 0.3) is 0 Å². The van der Waals surface area contributed by atoms with Crippen LogP contribution in [0.25, 0.3) is 0 Å². The molecule has 5 nitrogen and oxygen atoms in total. The van der Waals surface area contributed by atoms with E-state index in [1.54, 1.807) is 24.3 Å². The molecule has 1 amide bonds. The highest BCUT2D eigenvalue weighted by atomic mass is 35.5. The highest BCUT2D eigenvalue weighted by Gasteiger charge is 2.31. The Hall–Kier alpha value is -1.89. The number of hydrogen-bond acceptors (Lipinski definition) is 3. The molecule has 0 radical (unpaired) electrons. The van der Waals surface area contributed by atoms with Crippen molar-refractivity contribution < 1.29 is 13.2 Å². The van der Waals surface area contributed by atoms with Crippen molar-refractivity contribution in [1.29, 1.82) is 0 Å². The second kappa shape index (κ2) is 9.74. The number of piperidine rings is 1. The van der Waals surface area contributed by atoms with Crippen LogP contribution in [-0.2, 0) is 20.6 Å². The topological polar surface area (TPSA) is 66.5 Å². The van der Waals surface area contributed by atoms with Gasteiger partial charge in [0.1, 0.15) is 0 Å². The maximum atomic E-state index is 12.7. The zero-order chi connectivity index (χ0) is 20.9. The number of benzene rings is 2. The number of halogens is 1. The molecular formula is C22H27ClN2O3S. The second-order valence-corrected chi connectivity index (χ2v) is 9.84. The Morgan fingerprint density at radius 1 is 1.14 bits per heavy atom. The Morgan fingerprint density at radius 3 is 2.45 bits per heavy atom. The first kappa shape index (κ1) is 21.8. The van der Waals surface area contributed by atoms with Crippen LogP contribution in [0.5, 0.6) is 0 Å². The fourth-order valence-electron chi connectivity index (χ4n) is 3.72. The molecule has 2 aromatic carbocycles. The van der Waals surface area contributed by atoms with Crippen molar-refractivity contribution in [1.82, 2.24) is 9.62 Å². The first-order chi connectivity index (χ1) is 13.9. The minimum absolute atomic E-state index is 0.00703. The highest BCUT2D eigenvalue weighted by molar-refractivity contribution is 7.88. The number of nitrogens with one attached hydrogen (secondary N) is 1. The van der Waals surface area contributed by atoms with E-state index < -0.39 is 10.0 Å². The van der Waals surface area contributed by atoms with Gasteiger partial charge in [-0.15, -0.1) is 0 Å². The summed E-state index contributed by atoms with van der Waals surface area (Å²) in [5, 5.41) is 3.66. The van der Waals surface area contributed by atoms with Gasteiger partial charge in [-0.25, -0.2) is 12.7 Å². The minimum Gasteiger partial charge on any atom is -0.349 e. The van der Waals surface area contributed by atoms with Gasteiger partial charge in [-0.2, -0.15) is 0 Å². The van der Waals surface area contributed by atoms with Crippen LogP contribution in [-0.4, -0.2) is 31.7 Å². The molecule has 0 spiro atoms. The molecule has 156 valence electrons. The van der Waals surface area contributed by atoms with Crippen molar-refractivity contribution >= 4 is 27.5 Å². The molecule has 1 aliphatic rings. The van der Waals surface area contributed by atoms with Gasteiger partial charge in [0.15, 0.2) is 0 Å². The lowest BCUT2D eigenvalue weighted by molar-refractivity contribution is -0.126. The third-order valence-electron chi connectivity index (χ3n) is 5.38. The molecule has 3 rings (SSSR count).